The van der Waals surface area contributed by atoms with Crippen LogP contribution in [0.5, 0.6) is 0 Å². The van der Waals surface area contributed by atoms with Gasteiger partial charge in [0.1, 0.15) is 6.10 Å². The summed E-state index contributed by atoms with van der Waals surface area (Å²) in [6, 6.07) is 0. The van der Waals surface area contributed by atoms with Crippen LogP contribution in [0.1, 0.15) is 119 Å². The molecule has 0 aromatic heterocycles. The zero-order valence-corrected chi connectivity index (χ0v) is 23.0. The largest absolute Gasteiger partial charge is 0.461 e. The second-order valence-corrected chi connectivity index (χ2v) is 14.0. The Labute approximate surface area is 208 Å². The molecule has 4 rings (SSSR count). The van der Waals surface area contributed by atoms with Gasteiger partial charge < -0.3 is 9.84 Å². The first-order valence-corrected chi connectivity index (χ1v) is 14.0. The van der Waals surface area contributed by atoms with Crippen LogP contribution in [0, 0.1) is 33.5 Å². The van der Waals surface area contributed by atoms with E-state index >= 15 is 0 Å². The summed E-state index contributed by atoms with van der Waals surface area (Å²) in [7, 11) is 0. The minimum absolute atomic E-state index is 0.0141. The van der Waals surface area contributed by atoms with Gasteiger partial charge >= 0.3 is 5.97 Å². The lowest BCUT2D eigenvalue weighted by molar-refractivity contribution is -0.228. The van der Waals surface area contributed by atoms with Crippen LogP contribution >= 0.6 is 0 Å². The Kier molecular flexibility index (Phi) is 6.71. The fourth-order valence-electron chi connectivity index (χ4n) is 8.92. The van der Waals surface area contributed by atoms with Crippen LogP contribution in [0.4, 0.5) is 0 Å². The average Bonchev–Trinajstić information content (AvgIpc) is 2.73. The second kappa shape index (κ2) is 8.79. The Balaban J connectivity index is 1.65. The molecule has 1 N–H and O–H groups in total. The molecule has 2 spiro atoms. The van der Waals surface area contributed by atoms with Gasteiger partial charge in [-0.1, -0.05) is 78.2 Å². The Morgan fingerprint density at radius 3 is 2.38 bits per heavy atom. The highest BCUT2D eigenvalue weighted by Crippen LogP contribution is 2.63. The van der Waals surface area contributed by atoms with Crippen molar-refractivity contribution in [3.05, 3.63) is 23.8 Å². The maximum Gasteiger partial charge on any atom is 0.309 e. The molecule has 192 valence electrons. The molecule has 0 aliphatic heterocycles. The van der Waals surface area contributed by atoms with Crippen LogP contribution in [-0.2, 0) is 9.53 Å². The number of rotatable bonds is 3. The molecule has 0 aromatic carbocycles. The second-order valence-electron chi connectivity index (χ2n) is 14.0. The highest BCUT2D eigenvalue weighted by atomic mass is 16.5. The Bertz CT molecular complexity index is 851. The Morgan fingerprint density at radius 2 is 1.71 bits per heavy atom. The minimum Gasteiger partial charge on any atom is -0.461 e. The van der Waals surface area contributed by atoms with Gasteiger partial charge in [0, 0.05) is 16.2 Å². The van der Waals surface area contributed by atoms with E-state index in [1.165, 1.54) is 12.0 Å². The summed E-state index contributed by atoms with van der Waals surface area (Å²) >= 11 is 0. The standard InChI is InChI=1S/C31H50O3/c1-22-13-19-29(24(3)20-22)16-10-14-27(4,5)26(29)34-25(32)21-31(33)28(6,7)15-11-18-30(31)17-9-8-12-23(30)2/h8-9,13,23-24,26,33H,10-12,14-21H2,1-7H3. The van der Waals surface area contributed by atoms with Crippen molar-refractivity contribution in [2.45, 2.75) is 131 Å². The van der Waals surface area contributed by atoms with E-state index in [-0.39, 0.29) is 40.2 Å². The molecule has 0 heterocycles. The van der Waals surface area contributed by atoms with E-state index in [4.69, 9.17) is 4.74 Å². The molecule has 0 saturated heterocycles. The van der Waals surface area contributed by atoms with Crippen LogP contribution < -0.4 is 0 Å². The SMILES string of the molecule is CC1=CCC2(CCCC(C)(C)C2OC(=O)CC2(O)C(C)(C)CCCC23CC=CCC3C)C(C)C1. The molecule has 3 heteroatoms. The van der Waals surface area contributed by atoms with Crippen LogP contribution in [0.25, 0.3) is 0 Å². The molecular formula is C31H50O3. The van der Waals surface area contributed by atoms with E-state index in [9.17, 15) is 9.90 Å². The number of hydrogen-bond donors (Lipinski definition) is 1. The Morgan fingerprint density at radius 1 is 1.00 bits per heavy atom. The summed E-state index contributed by atoms with van der Waals surface area (Å²) in [5.74, 6) is 0.675. The number of carbonyl (C=O) groups is 1. The molecule has 2 saturated carbocycles. The molecule has 6 atom stereocenters. The Hall–Kier alpha value is -1.09. The van der Waals surface area contributed by atoms with Gasteiger partial charge in [-0.05, 0) is 75.5 Å². The molecule has 4 aliphatic carbocycles. The molecule has 34 heavy (non-hydrogen) atoms. The lowest BCUT2D eigenvalue weighted by Gasteiger charge is -2.62. The van der Waals surface area contributed by atoms with Gasteiger partial charge in [0.15, 0.2) is 0 Å². The van der Waals surface area contributed by atoms with Crippen molar-refractivity contribution >= 4 is 5.97 Å². The molecule has 4 aliphatic rings. The quantitative estimate of drug-likeness (QED) is 0.338. The van der Waals surface area contributed by atoms with Crippen molar-refractivity contribution in [3.8, 4) is 0 Å². The summed E-state index contributed by atoms with van der Waals surface area (Å²) in [4.78, 5) is 13.9. The van der Waals surface area contributed by atoms with Gasteiger partial charge in [-0.15, -0.1) is 0 Å². The number of allylic oxidation sites excluding steroid dienone is 4. The molecule has 2 fully saturated rings. The van der Waals surface area contributed by atoms with Crippen LogP contribution in [0.2, 0.25) is 0 Å². The number of esters is 1. The number of ether oxygens (including phenoxy) is 1. The summed E-state index contributed by atoms with van der Waals surface area (Å²) in [6.07, 6.45) is 17.3. The molecule has 6 unspecified atom stereocenters. The van der Waals surface area contributed by atoms with Crippen molar-refractivity contribution in [2.75, 3.05) is 0 Å². The highest BCUT2D eigenvalue weighted by Gasteiger charge is 2.63. The van der Waals surface area contributed by atoms with E-state index in [0.29, 0.717) is 11.8 Å². The first-order chi connectivity index (χ1) is 15.8. The first kappa shape index (κ1) is 26.0. The number of carbonyl (C=O) groups excluding carboxylic acids is 1. The topological polar surface area (TPSA) is 46.5 Å². The van der Waals surface area contributed by atoms with Gasteiger partial charge in [0.2, 0.25) is 0 Å². The van der Waals surface area contributed by atoms with Crippen molar-refractivity contribution in [2.24, 2.45) is 33.5 Å². The number of aliphatic hydroxyl groups is 1. The third-order valence-corrected chi connectivity index (χ3v) is 11.2. The summed E-state index contributed by atoms with van der Waals surface area (Å²) in [5.41, 5.74) is -0.196. The summed E-state index contributed by atoms with van der Waals surface area (Å²) < 4.78 is 6.59. The molecule has 0 aromatic rings. The van der Waals surface area contributed by atoms with E-state index in [1.54, 1.807) is 0 Å². The molecular weight excluding hydrogens is 420 g/mol. The maximum atomic E-state index is 13.9. The van der Waals surface area contributed by atoms with Crippen molar-refractivity contribution in [3.63, 3.8) is 0 Å². The van der Waals surface area contributed by atoms with Crippen LogP contribution in [-0.4, -0.2) is 22.8 Å². The predicted molar refractivity (Wildman–Crippen MR) is 139 cm³/mol. The van der Waals surface area contributed by atoms with Crippen molar-refractivity contribution < 1.29 is 14.6 Å². The van der Waals surface area contributed by atoms with E-state index in [2.05, 4.69) is 66.7 Å². The highest BCUT2D eigenvalue weighted by molar-refractivity contribution is 5.71. The smallest absolute Gasteiger partial charge is 0.309 e. The zero-order chi connectivity index (χ0) is 25.0. The fraction of sp³-hybridized carbons (Fsp3) is 0.839. The van der Waals surface area contributed by atoms with Crippen molar-refractivity contribution in [1.29, 1.82) is 0 Å². The molecule has 3 nitrogen and oxygen atoms in total. The monoisotopic (exact) mass is 470 g/mol. The van der Waals surface area contributed by atoms with Gasteiger partial charge in [0.05, 0.1) is 12.0 Å². The van der Waals surface area contributed by atoms with Gasteiger partial charge in [-0.25, -0.2) is 0 Å². The minimum atomic E-state index is -1.06. The van der Waals surface area contributed by atoms with Crippen molar-refractivity contribution in [1.82, 2.24) is 0 Å². The van der Waals surface area contributed by atoms with E-state index in [0.717, 1.165) is 57.8 Å². The average molecular weight is 471 g/mol. The summed E-state index contributed by atoms with van der Waals surface area (Å²) in [6.45, 7) is 15.8. The third kappa shape index (κ3) is 3.93. The van der Waals surface area contributed by atoms with Gasteiger partial charge in [0.25, 0.3) is 0 Å². The van der Waals surface area contributed by atoms with Gasteiger partial charge in [-0.2, -0.15) is 0 Å². The first-order valence-electron chi connectivity index (χ1n) is 14.0. The fourth-order valence-corrected chi connectivity index (χ4v) is 8.92. The van der Waals surface area contributed by atoms with Crippen LogP contribution in [0.15, 0.2) is 23.8 Å². The zero-order valence-electron chi connectivity index (χ0n) is 23.0. The predicted octanol–water partition coefficient (Wildman–Crippen LogP) is 7.77. The normalized spacial score (nSPS) is 43.5. The molecule has 0 bridgehead atoms. The lowest BCUT2D eigenvalue weighted by atomic mass is 9.46. The summed E-state index contributed by atoms with van der Waals surface area (Å²) in [5, 5.41) is 12.5. The third-order valence-electron chi connectivity index (χ3n) is 11.2. The van der Waals surface area contributed by atoms with Gasteiger partial charge in [-0.3, -0.25) is 4.79 Å². The molecule has 0 amide bonds. The van der Waals surface area contributed by atoms with E-state index < -0.39 is 5.60 Å². The van der Waals surface area contributed by atoms with E-state index in [1.807, 2.05) is 0 Å². The number of hydrogen-bond acceptors (Lipinski definition) is 3. The maximum absolute atomic E-state index is 13.9. The molecule has 0 radical (unpaired) electrons. The van der Waals surface area contributed by atoms with Crippen LogP contribution in [0.3, 0.4) is 0 Å². The lowest BCUT2D eigenvalue weighted by Crippen LogP contribution is -2.64.